The number of nitrogens with one attached hydrogen (secondary N) is 1. The molecule has 0 saturated carbocycles. The highest BCUT2D eigenvalue weighted by molar-refractivity contribution is 5.74. The Kier molecular flexibility index (Phi) is 2.51. The number of carbonyl (C=O) groups excluding carboxylic acids is 1. The van der Waals surface area contributed by atoms with E-state index in [0.29, 0.717) is 5.92 Å². The molecule has 0 radical (unpaired) electrons. The fourth-order valence-electron chi connectivity index (χ4n) is 2.11. The molecular weight excluding hydrogens is 170 g/mol. The maximum atomic E-state index is 11.2. The van der Waals surface area contributed by atoms with Gasteiger partial charge in [0.05, 0.1) is 13.2 Å². The van der Waals surface area contributed by atoms with Crippen LogP contribution in [0.25, 0.3) is 0 Å². The summed E-state index contributed by atoms with van der Waals surface area (Å²) in [6.07, 6.45) is 1.76. The van der Waals surface area contributed by atoms with Crippen molar-refractivity contribution >= 4 is 5.97 Å². The number of ether oxygens (including phenoxy) is 2. The molecule has 1 N–H and O–H groups in total. The average molecular weight is 185 g/mol. The van der Waals surface area contributed by atoms with Gasteiger partial charge in [0, 0.05) is 13.1 Å². The van der Waals surface area contributed by atoms with Crippen molar-refractivity contribution in [1.29, 1.82) is 0 Å². The molecule has 0 amide bonds. The second-order valence-corrected chi connectivity index (χ2v) is 3.68. The standard InChI is InChI=1S/C9H15NO3/c1-12-9(11)7-3-2-6-4-10-5-8(6)13-7/h6-8,10H,2-5H2,1H3/t6-,7-,8-/m1/s1. The van der Waals surface area contributed by atoms with Crippen LogP contribution < -0.4 is 5.32 Å². The van der Waals surface area contributed by atoms with Gasteiger partial charge in [-0.15, -0.1) is 0 Å². The molecule has 2 aliphatic rings. The van der Waals surface area contributed by atoms with E-state index in [1.807, 2.05) is 0 Å². The first-order valence-electron chi connectivity index (χ1n) is 4.75. The van der Waals surface area contributed by atoms with E-state index in [0.717, 1.165) is 25.9 Å². The Morgan fingerprint density at radius 3 is 3.08 bits per heavy atom. The SMILES string of the molecule is COC(=O)[C@H]1CC[C@@H]2CNC[C@H]2O1. The Hall–Kier alpha value is -0.610. The fraction of sp³-hybridized carbons (Fsp3) is 0.889. The number of hydrogen-bond donors (Lipinski definition) is 1. The molecule has 0 bridgehead atoms. The van der Waals surface area contributed by atoms with Crippen LogP contribution in [0.2, 0.25) is 0 Å². The van der Waals surface area contributed by atoms with Crippen molar-refractivity contribution in [3.05, 3.63) is 0 Å². The molecule has 4 heteroatoms. The molecule has 0 unspecified atom stereocenters. The average Bonchev–Trinajstić information content (AvgIpc) is 2.63. The Morgan fingerprint density at radius 1 is 1.46 bits per heavy atom. The minimum absolute atomic E-state index is 0.220. The van der Waals surface area contributed by atoms with Crippen LogP contribution in [-0.2, 0) is 14.3 Å². The molecule has 3 atom stereocenters. The van der Waals surface area contributed by atoms with Crippen LogP contribution in [0.4, 0.5) is 0 Å². The van der Waals surface area contributed by atoms with E-state index < -0.39 is 0 Å². The highest BCUT2D eigenvalue weighted by Crippen LogP contribution is 2.27. The van der Waals surface area contributed by atoms with Crippen LogP contribution in [0.1, 0.15) is 12.8 Å². The van der Waals surface area contributed by atoms with Crippen molar-refractivity contribution in [2.24, 2.45) is 5.92 Å². The van der Waals surface area contributed by atoms with Crippen molar-refractivity contribution in [1.82, 2.24) is 5.32 Å². The molecule has 2 fully saturated rings. The summed E-state index contributed by atoms with van der Waals surface area (Å²) < 4.78 is 10.3. The minimum atomic E-state index is -0.328. The normalized spacial score (nSPS) is 38.4. The lowest BCUT2D eigenvalue weighted by molar-refractivity contribution is -0.164. The zero-order chi connectivity index (χ0) is 9.26. The molecule has 0 aromatic carbocycles. The van der Waals surface area contributed by atoms with Crippen LogP contribution in [0.3, 0.4) is 0 Å². The van der Waals surface area contributed by atoms with E-state index in [9.17, 15) is 4.79 Å². The number of hydrogen-bond acceptors (Lipinski definition) is 4. The van der Waals surface area contributed by atoms with E-state index >= 15 is 0 Å². The third-order valence-corrected chi connectivity index (χ3v) is 2.88. The van der Waals surface area contributed by atoms with Crippen molar-refractivity contribution in [2.75, 3.05) is 20.2 Å². The predicted molar refractivity (Wildman–Crippen MR) is 46.3 cm³/mol. The molecule has 74 valence electrons. The van der Waals surface area contributed by atoms with Gasteiger partial charge in [0.15, 0.2) is 6.10 Å². The summed E-state index contributed by atoms with van der Waals surface area (Å²) in [6, 6.07) is 0. The topological polar surface area (TPSA) is 47.6 Å². The zero-order valence-electron chi connectivity index (χ0n) is 7.79. The lowest BCUT2D eigenvalue weighted by Gasteiger charge is -2.29. The number of fused-ring (bicyclic) bond motifs is 1. The highest BCUT2D eigenvalue weighted by Gasteiger charge is 2.37. The van der Waals surface area contributed by atoms with Crippen LogP contribution in [0.5, 0.6) is 0 Å². The van der Waals surface area contributed by atoms with E-state index in [4.69, 9.17) is 4.74 Å². The largest absolute Gasteiger partial charge is 0.467 e. The molecule has 2 saturated heterocycles. The molecule has 13 heavy (non-hydrogen) atoms. The van der Waals surface area contributed by atoms with E-state index in [1.165, 1.54) is 7.11 Å². The summed E-state index contributed by atoms with van der Waals surface area (Å²) in [5.41, 5.74) is 0. The van der Waals surface area contributed by atoms with Crippen molar-refractivity contribution in [2.45, 2.75) is 25.0 Å². The van der Waals surface area contributed by atoms with Crippen LogP contribution >= 0.6 is 0 Å². The van der Waals surface area contributed by atoms with Gasteiger partial charge in [-0.25, -0.2) is 4.79 Å². The summed E-state index contributed by atoms with van der Waals surface area (Å²) >= 11 is 0. The first-order chi connectivity index (χ1) is 6.31. The highest BCUT2D eigenvalue weighted by atomic mass is 16.6. The quantitative estimate of drug-likeness (QED) is 0.581. The van der Waals surface area contributed by atoms with Gasteiger partial charge in [-0.1, -0.05) is 0 Å². The van der Waals surface area contributed by atoms with Gasteiger partial charge >= 0.3 is 5.97 Å². The second kappa shape index (κ2) is 3.64. The van der Waals surface area contributed by atoms with Gasteiger partial charge in [-0.05, 0) is 18.8 Å². The maximum absolute atomic E-state index is 11.2. The zero-order valence-corrected chi connectivity index (χ0v) is 7.79. The molecule has 0 aliphatic carbocycles. The van der Waals surface area contributed by atoms with Crippen LogP contribution in [0.15, 0.2) is 0 Å². The molecule has 2 aliphatic heterocycles. The molecule has 2 heterocycles. The lowest BCUT2D eigenvalue weighted by Crippen LogP contribution is -2.39. The first kappa shape index (κ1) is 8.97. The maximum Gasteiger partial charge on any atom is 0.334 e. The summed E-state index contributed by atoms with van der Waals surface area (Å²) in [5, 5.41) is 3.26. The van der Waals surface area contributed by atoms with Gasteiger partial charge in [0.2, 0.25) is 0 Å². The van der Waals surface area contributed by atoms with Gasteiger partial charge in [-0.3, -0.25) is 0 Å². The third-order valence-electron chi connectivity index (χ3n) is 2.88. The Bertz CT molecular complexity index is 207. The third kappa shape index (κ3) is 1.69. The summed E-state index contributed by atoms with van der Waals surface area (Å²) in [7, 11) is 1.41. The number of carbonyl (C=O) groups is 1. The van der Waals surface area contributed by atoms with Crippen molar-refractivity contribution < 1.29 is 14.3 Å². The fourth-order valence-corrected chi connectivity index (χ4v) is 2.11. The number of methoxy groups -OCH3 is 1. The molecule has 0 aromatic heterocycles. The van der Waals surface area contributed by atoms with E-state index in [2.05, 4.69) is 10.1 Å². The smallest absolute Gasteiger partial charge is 0.334 e. The molecule has 4 nitrogen and oxygen atoms in total. The Balaban J connectivity index is 1.93. The monoisotopic (exact) mass is 185 g/mol. The van der Waals surface area contributed by atoms with E-state index in [-0.39, 0.29) is 18.2 Å². The summed E-state index contributed by atoms with van der Waals surface area (Å²) in [4.78, 5) is 11.2. The Morgan fingerprint density at radius 2 is 2.31 bits per heavy atom. The molecule has 0 aromatic rings. The van der Waals surface area contributed by atoms with Crippen LogP contribution in [0, 0.1) is 5.92 Å². The summed E-state index contributed by atoms with van der Waals surface area (Å²) in [6.45, 7) is 1.90. The van der Waals surface area contributed by atoms with E-state index in [1.54, 1.807) is 0 Å². The van der Waals surface area contributed by atoms with Gasteiger partial charge < -0.3 is 14.8 Å². The number of esters is 1. The van der Waals surface area contributed by atoms with Crippen molar-refractivity contribution in [3.63, 3.8) is 0 Å². The van der Waals surface area contributed by atoms with Crippen molar-refractivity contribution in [3.8, 4) is 0 Å². The van der Waals surface area contributed by atoms with Gasteiger partial charge in [0.1, 0.15) is 0 Å². The molecular formula is C9H15NO3. The minimum Gasteiger partial charge on any atom is -0.467 e. The molecule has 2 rings (SSSR count). The second-order valence-electron chi connectivity index (χ2n) is 3.68. The summed E-state index contributed by atoms with van der Waals surface area (Å²) in [5.74, 6) is 0.367. The number of rotatable bonds is 1. The first-order valence-corrected chi connectivity index (χ1v) is 4.75. The Labute approximate surface area is 77.6 Å². The predicted octanol–water partition coefficient (Wildman–Crippen LogP) is -0.0736. The lowest BCUT2D eigenvalue weighted by atomic mass is 9.94. The molecule has 0 spiro atoms. The van der Waals surface area contributed by atoms with Gasteiger partial charge in [-0.2, -0.15) is 0 Å². The van der Waals surface area contributed by atoms with Crippen LogP contribution in [-0.4, -0.2) is 38.4 Å². The van der Waals surface area contributed by atoms with Gasteiger partial charge in [0.25, 0.3) is 0 Å².